The third-order valence-corrected chi connectivity index (χ3v) is 11.3. The van der Waals surface area contributed by atoms with Crippen molar-refractivity contribution in [1.29, 1.82) is 0 Å². The van der Waals surface area contributed by atoms with Crippen molar-refractivity contribution in [2.45, 2.75) is 155 Å². The SMILES string of the molecule is CCCCCCCCCCCCc1cc2ccc3sc4c(CCCCCCCCCCCC)cccc4c3c2s1. The molecule has 0 unspecified atom stereocenters. The van der Waals surface area contributed by atoms with Gasteiger partial charge in [-0.3, -0.25) is 0 Å². The van der Waals surface area contributed by atoms with Crippen molar-refractivity contribution in [2.75, 3.05) is 0 Å². The summed E-state index contributed by atoms with van der Waals surface area (Å²) in [6, 6.07) is 14.4. The van der Waals surface area contributed by atoms with E-state index in [9.17, 15) is 0 Å². The van der Waals surface area contributed by atoms with Gasteiger partial charge in [-0.15, -0.1) is 22.7 Å². The van der Waals surface area contributed by atoms with Crippen molar-refractivity contribution in [2.24, 2.45) is 0 Å². The number of hydrogen-bond donors (Lipinski definition) is 0. The molecule has 0 nitrogen and oxygen atoms in total. The summed E-state index contributed by atoms with van der Waals surface area (Å²) in [4.78, 5) is 1.59. The summed E-state index contributed by atoms with van der Waals surface area (Å²) in [6.45, 7) is 4.61. The summed E-state index contributed by atoms with van der Waals surface area (Å²) in [5.41, 5.74) is 1.58. The predicted molar refractivity (Wildman–Crippen MR) is 186 cm³/mol. The van der Waals surface area contributed by atoms with E-state index in [0.29, 0.717) is 0 Å². The minimum absolute atomic E-state index is 1.23. The molecule has 0 amide bonds. The van der Waals surface area contributed by atoms with Gasteiger partial charge in [0.2, 0.25) is 0 Å². The molecule has 220 valence electrons. The molecule has 2 heterocycles. The Balaban J connectivity index is 1.26. The van der Waals surface area contributed by atoms with Gasteiger partial charge in [-0.1, -0.05) is 154 Å². The van der Waals surface area contributed by atoms with E-state index in [1.165, 1.54) is 167 Å². The van der Waals surface area contributed by atoms with E-state index >= 15 is 0 Å². The molecule has 0 fully saturated rings. The summed E-state index contributed by atoms with van der Waals surface area (Å²) in [5, 5.41) is 4.49. The molecule has 2 aromatic heterocycles. The van der Waals surface area contributed by atoms with Gasteiger partial charge in [-0.05, 0) is 48.8 Å². The first-order valence-electron chi connectivity index (χ1n) is 17.2. The third kappa shape index (κ3) is 9.59. The van der Waals surface area contributed by atoms with E-state index in [4.69, 9.17) is 0 Å². The fourth-order valence-electron chi connectivity index (χ4n) is 6.40. The zero-order valence-corrected chi connectivity index (χ0v) is 27.5. The molecule has 0 saturated carbocycles. The van der Waals surface area contributed by atoms with Crippen LogP contribution in [0.4, 0.5) is 0 Å². The van der Waals surface area contributed by atoms with Gasteiger partial charge in [0.05, 0.1) is 0 Å². The lowest BCUT2D eigenvalue weighted by molar-refractivity contribution is 0.556. The van der Waals surface area contributed by atoms with Crippen molar-refractivity contribution in [3.8, 4) is 0 Å². The summed E-state index contributed by atoms with van der Waals surface area (Å²) in [6.07, 6.45) is 30.7. The van der Waals surface area contributed by atoms with Crippen LogP contribution in [0.25, 0.3) is 30.3 Å². The standard InChI is InChI=1S/C38H56S2/c1-3-5-7-9-11-13-15-17-19-21-24-31-25-23-27-34-36-35(40-37(31)34)29-28-32-30-33(39-38(32)36)26-22-20-18-16-14-12-10-8-6-4-2/h23,25,27-30H,3-22,24,26H2,1-2H3. The molecule has 0 saturated heterocycles. The molecule has 4 rings (SSSR count). The number of fused-ring (bicyclic) bond motifs is 5. The van der Waals surface area contributed by atoms with Crippen LogP contribution in [0.15, 0.2) is 36.4 Å². The molecule has 0 aliphatic carbocycles. The summed E-state index contributed by atoms with van der Waals surface area (Å²) in [5.74, 6) is 0. The highest BCUT2D eigenvalue weighted by Gasteiger charge is 2.14. The second-order valence-corrected chi connectivity index (χ2v) is 14.5. The molecule has 2 heteroatoms. The third-order valence-electron chi connectivity index (χ3n) is 8.85. The van der Waals surface area contributed by atoms with Crippen molar-refractivity contribution >= 4 is 52.9 Å². The van der Waals surface area contributed by atoms with Crippen LogP contribution in [0.5, 0.6) is 0 Å². The molecule has 2 aromatic carbocycles. The van der Waals surface area contributed by atoms with Crippen LogP contribution in [-0.2, 0) is 12.8 Å². The van der Waals surface area contributed by atoms with E-state index in [-0.39, 0.29) is 0 Å². The number of hydrogen-bond acceptors (Lipinski definition) is 2. The molecule has 0 aliphatic rings. The zero-order valence-electron chi connectivity index (χ0n) is 25.8. The molecular formula is C38H56S2. The first-order chi connectivity index (χ1) is 19.8. The van der Waals surface area contributed by atoms with Crippen molar-refractivity contribution < 1.29 is 0 Å². The first-order valence-corrected chi connectivity index (χ1v) is 18.8. The molecule has 0 atom stereocenters. The van der Waals surface area contributed by atoms with E-state index in [1.54, 1.807) is 15.1 Å². The number of rotatable bonds is 22. The number of benzene rings is 2. The maximum Gasteiger partial charge on any atom is 0.0438 e. The minimum atomic E-state index is 1.23. The topological polar surface area (TPSA) is 0 Å². The Kier molecular flexibility index (Phi) is 14.4. The van der Waals surface area contributed by atoms with Crippen LogP contribution >= 0.6 is 22.7 Å². The van der Waals surface area contributed by atoms with E-state index in [0.717, 1.165) is 0 Å². The first kappa shape index (κ1) is 31.6. The van der Waals surface area contributed by atoms with Gasteiger partial charge in [0.1, 0.15) is 0 Å². The maximum atomic E-state index is 2.49. The Morgan fingerprint density at radius 2 is 1.05 bits per heavy atom. The average molecular weight is 577 g/mol. The Morgan fingerprint density at radius 3 is 1.65 bits per heavy atom. The molecule has 0 radical (unpaired) electrons. The largest absolute Gasteiger partial charge is 0.140 e. The lowest BCUT2D eigenvalue weighted by Gasteiger charge is -2.04. The fraction of sp³-hybridized carbons (Fsp3) is 0.632. The summed E-state index contributed by atoms with van der Waals surface area (Å²) >= 11 is 4.11. The number of aryl methyl sites for hydroxylation is 2. The summed E-state index contributed by atoms with van der Waals surface area (Å²) in [7, 11) is 0. The van der Waals surface area contributed by atoms with Gasteiger partial charge in [-0.2, -0.15) is 0 Å². The molecule has 40 heavy (non-hydrogen) atoms. The van der Waals surface area contributed by atoms with Crippen molar-refractivity contribution in [1.82, 2.24) is 0 Å². The molecule has 0 aliphatic heterocycles. The molecule has 4 aromatic rings. The Bertz CT molecular complexity index is 1240. The van der Waals surface area contributed by atoms with Gasteiger partial charge in [-0.25, -0.2) is 0 Å². The molecular weight excluding hydrogens is 521 g/mol. The van der Waals surface area contributed by atoms with Gasteiger partial charge >= 0.3 is 0 Å². The van der Waals surface area contributed by atoms with Gasteiger partial charge < -0.3 is 0 Å². The molecule has 0 N–H and O–H groups in total. The van der Waals surface area contributed by atoms with Gasteiger partial charge in [0, 0.05) is 29.7 Å². The van der Waals surface area contributed by atoms with Gasteiger partial charge in [0.25, 0.3) is 0 Å². The average Bonchev–Trinajstić information content (AvgIpc) is 3.56. The van der Waals surface area contributed by atoms with Crippen LogP contribution in [0.2, 0.25) is 0 Å². The Hall–Kier alpha value is -1.38. The second kappa shape index (κ2) is 18.2. The van der Waals surface area contributed by atoms with Crippen LogP contribution in [-0.4, -0.2) is 0 Å². The minimum Gasteiger partial charge on any atom is -0.140 e. The van der Waals surface area contributed by atoms with Crippen LogP contribution in [0, 0.1) is 0 Å². The zero-order chi connectivity index (χ0) is 27.8. The number of thiophene rings is 2. The van der Waals surface area contributed by atoms with E-state index in [1.807, 2.05) is 11.3 Å². The lowest BCUT2D eigenvalue weighted by atomic mass is 10.0. The van der Waals surface area contributed by atoms with E-state index in [2.05, 4.69) is 61.6 Å². The van der Waals surface area contributed by atoms with Crippen LogP contribution < -0.4 is 0 Å². The van der Waals surface area contributed by atoms with Crippen LogP contribution in [0.3, 0.4) is 0 Å². The summed E-state index contributed by atoms with van der Waals surface area (Å²) < 4.78 is 4.55. The lowest BCUT2D eigenvalue weighted by Crippen LogP contribution is -1.87. The Morgan fingerprint density at radius 1 is 0.500 bits per heavy atom. The monoisotopic (exact) mass is 576 g/mol. The molecule has 0 spiro atoms. The van der Waals surface area contributed by atoms with Crippen molar-refractivity contribution in [3.05, 3.63) is 46.8 Å². The highest BCUT2D eigenvalue weighted by Crippen LogP contribution is 2.43. The smallest absolute Gasteiger partial charge is 0.0438 e. The number of unbranched alkanes of at least 4 members (excludes halogenated alkanes) is 18. The molecule has 0 bridgehead atoms. The van der Waals surface area contributed by atoms with Crippen LogP contribution in [0.1, 0.15) is 153 Å². The normalized spacial score (nSPS) is 11.9. The van der Waals surface area contributed by atoms with Gasteiger partial charge in [0.15, 0.2) is 0 Å². The fourth-order valence-corrected chi connectivity index (χ4v) is 8.98. The van der Waals surface area contributed by atoms with Crippen molar-refractivity contribution in [3.63, 3.8) is 0 Å². The van der Waals surface area contributed by atoms with E-state index < -0.39 is 0 Å². The second-order valence-electron chi connectivity index (χ2n) is 12.3. The maximum absolute atomic E-state index is 2.49. The predicted octanol–water partition coefficient (Wildman–Crippen LogP) is 14.2. The highest BCUT2D eigenvalue weighted by atomic mass is 32.1. The highest BCUT2D eigenvalue weighted by molar-refractivity contribution is 7.27. The quantitative estimate of drug-likeness (QED) is 0.0816. The Labute approximate surface area is 254 Å².